The Kier molecular flexibility index (Phi) is 4.26. The van der Waals surface area contributed by atoms with Gasteiger partial charge in [-0.1, -0.05) is 11.6 Å². The highest BCUT2D eigenvalue weighted by atomic mass is 35.5. The third kappa shape index (κ3) is 3.14. The number of ether oxygens (including phenoxy) is 2. The minimum atomic E-state index is -0.238. The Labute approximate surface area is 123 Å². The Balaban J connectivity index is 1.69. The highest BCUT2D eigenvalue weighted by Gasteiger charge is 2.38. The summed E-state index contributed by atoms with van der Waals surface area (Å²) in [6, 6.07) is 4.54. The van der Waals surface area contributed by atoms with Crippen molar-refractivity contribution in [1.82, 2.24) is 4.90 Å². The van der Waals surface area contributed by atoms with Crippen LogP contribution in [0.2, 0.25) is 5.02 Å². The van der Waals surface area contributed by atoms with E-state index in [0.717, 1.165) is 44.7 Å². The largest absolute Gasteiger partial charge is 0.381 e. The number of benzene rings is 1. The fourth-order valence-corrected chi connectivity index (χ4v) is 3.19. The van der Waals surface area contributed by atoms with E-state index in [-0.39, 0.29) is 11.4 Å². The van der Waals surface area contributed by atoms with Crippen LogP contribution in [0.5, 0.6) is 0 Å². The van der Waals surface area contributed by atoms with Crippen molar-refractivity contribution in [2.45, 2.75) is 25.0 Å². The van der Waals surface area contributed by atoms with Gasteiger partial charge < -0.3 is 9.47 Å². The van der Waals surface area contributed by atoms with E-state index in [4.69, 9.17) is 21.1 Å². The summed E-state index contributed by atoms with van der Waals surface area (Å²) >= 11 is 6.15. The smallest absolute Gasteiger partial charge is 0.123 e. The number of hydrogen-bond donors (Lipinski definition) is 0. The molecule has 1 aromatic carbocycles. The third-order valence-electron chi connectivity index (χ3n) is 4.13. The lowest BCUT2D eigenvalue weighted by molar-refractivity contribution is -0.155. The Morgan fingerprint density at radius 2 is 2.05 bits per heavy atom. The molecule has 0 N–H and O–H groups in total. The molecule has 2 fully saturated rings. The summed E-state index contributed by atoms with van der Waals surface area (Å²) in [6.45, 7) is 4.62. The topological polar surface area (TPSA) is 21.7 Å². The van der Waals surface area contributed by atoms with Crippen molar-refractivity contribution in [3.8, 4) is 0 Å². The predicted molar refractivity (Wildman–Crippen MR) is 75.4 cm³/mol. The molecule has 110 valence electrons. The van der Waals surface area contributed by atoms with Gasteiger partial charge in [0.25, 0.3) is 0 Å². The SMILES string of the molecule is Fc1ccc(Cl)c(CN2CCOC3(CCOCC3)C2)c1. The van der Waals surface area contributed by atoms with E-state index in [0.29, 0.717) is 18.2 Å². The van der Waals surface area contributed by atoms with Gasteiger partial charge in [0.15, 0.2) is 0 Å². The van der Waals surface area contributed by atoms with Gasteiger partial charge in [0.05, 0.1) is 12.2 Å². The van der Waals surface area contributed by atoms with E-state index in [1.165, 1.54) is 12.1 Å². The molecule has 0 radical (unpaired) electrons. The second kappa shape index (κ2) is 5.98. The number of rotatable bonds is 2. The van der Waals surface area contributed by atoms with Gasteiger partial charge in [-0.05, 0) is 23.8 Å². The summed E-state index contributed by atoms with van der Waals surface area (Å²) in [5, 5.41) is 0.624. The fourth-order valence-electron chi connectivity index (χ4n) is 3.01. The first kappa shape index (κ1) is 14.3. The van der Waals surface area contributed by atoms with Crippen molar-refractivity contribution in [2.75, 3.05) is 32.9 Å². The van der Waals surface area contributed by atoms with E-state index >= 15 is 0 Å². The maximum atomic E-state index is 13.3. The van der Waals surface area contributed by atoms with Gasteiger partial charge in [-0.3, -0.25) is 4.90 Å². The summed E-state index contributed by atoms with van der Waals surface area (Å²) in [4.78, 5) is 2.30. The van der Waals surface area contributed by atoms with Crippen LogP contribution < -0.4 is 0 Å². The molecular weight excluding hydrogens is 281 g/mol. The summed E-state index contributed by atoms with van der Waals surface area (Å²) in [5.74, 6) is -0.238. The van der Waals surface area contributed by atoms with E-state index in [1.54, 1.807) is 6.07 Å². The first-order valence-electron chi connectivity index (χ1n) is 7.05. The molecule has 2 heterocycles. The normalized spacial score (nSPS) is 23.1. The van der Waals surface area contributed by atoms with E-state index in [9.17, 15) is 4.39 Å². The first-order chi connectivity index (χ1) is 9.67. The van der Waals surface area contributed by atoms with Crippen LogP contribution in [0.25, 0.3) is 0 Å². The molecule has 0 saturated carbocycles. The first-order valence-corrected chi connectivity index (χ1v) is 7.43. The summed E-state index contributed by atoms with van der Waals surface area (Å²) in [7, 11) is 0. The fraction of sp³-hybridized carbons (Fsp3) is 0.600. The van der Waals surface area contributed by atoms with Crippen LogP contribution in [0.1, 0.15) is 18.4 Å². The molecule has 2 saturated heterocycles. The van der Waals surface area contributed by atoms with Crippen molar-refractivity contribution in [3.05, 3.63) is 34.6 Å². The average molecular weight is 300 g/mol. The van der Waals surface area contributed by atoms with Gasteiger partial charge in [-0.15, -0.1) is 0 Å². The van der Waals surface area contributed by atoms with Crippen LogP contribution in [-0.2, 0) is 16.0 Å². The lowest BCUT2D eigenvalue weighted by Crippen LogP contribution is -2.54. The highest BCUT2D eigenvalue weighted by Crippen LogP contribution is 2.30. The Bertz CT molecular complexity index is 471. The molecule has 2 aliphatic heterocycles. The molecule has 0 aromatic heterocycles. The lowest BCUT2D eigenvalue weighted by atomic mass is 9.92. The predicted octanol–water partition coefficient (Wildman–Crippen LogP) is 2.86. The molecule has 0 bridgehead atoms. The zero-order valence-corrected chi connectivity index (χ0v) is 12.2. The highest BCUT2D eigenvalue weighted by molar-refractivity contribution is 6.31. The summed E-state index contributed by atoms with van der Waals surface area (Å²) < 4.78 is 24.7. The molecule has 5 heteroatoms. The number of hydrogen-bond acceptors (Lipinski definition) is 3. The monoisotopic (exact) mass is 299 g/mol. The molecular formula is C15H19ClFNO2. The lowest BCUT2D eigenvalue weighted by Gasteiger charge is -2.44. The molecule has 1 spiro atoms. The van der Waals surface area contributed by atoms with Crippen LogP contribution in [0, 0.1) is 5.82 Å². The molecule has 0 atom stereocenters. The van der Waals surface area contributed by atoms with E-state index < -0.39 is 0 Å². The van der Waals surface area contributed by atoms with Crippen molar-refractivity contribution in [1.29, 1.82) is 0 Å². The van der Waals surface area contributed by atoms with Gasteiger partial charge in [0.1, 0.15) is 5.82 Å². The molecule has 3 nitrogen and oxygen atoms in total. The third-order valence-corrected chi connectivity index (χ3v) is 4.50. The molecule has 2 aliphatic rings. The molecule has 0 unspecified atom stereocenters. The molecule has 20 heavy (non-hydrogen) atoms. The Morgan fingerprint density at radius 1 is 1.25 bits per heavy atom. The van der Waals surface area contributed by atoms with E-state index in [2.05, 4.69) is 4.90 Å². The maximum Gasteiger partial charge on any atom is 0.123 e. The average Bonchev–Trinajstić information content (AvgIpc) is 2.44. The molecule has 0 amide bonds. The Morgan fingerprint density at radius 3 is 2.85 bits per heavy atom. The van der Waals surface area contributed by atoms with Crippen molar-refractivity contribution in [3.63, 3.8) is 0 Å². The van der Waals surface area contributed by atoms with Crippen LogP contribution in [0.3, 0.4) is 0 Å². The quantitative estimate of drug-likeness (QED) is 0.838. The minimum absolute atomic E-state index is 0.0870. The zero-order valence-electron chi connectivity index (χ0n) is 11.4. The molecule has 0 aliphatic carbocycles. The summed E-state index contributed by atoms with van der Waals surface area (Å²) in [5.41, 5.74) is 0.756. The summed E-state index contributed by atoms with van der Waals surface area (Å²) in [6.07, 6.45) is 1.86. The van der Waals surface area contributed by atoms with Gasteiger partial charge in [-0.2, -0.15) is 0 Å². The van der Waals surface area contributed by atoms with Gasteiger partial charge in [-0.25, -0.2) is 4.39 Å². The van der Waals surface area contributed by atoms with Crippen molar-refractivity contribution >= 4 is 11.6 Å². The van der Waals surface area contributed by atoms with Gasteiger partial charge >= 0.3 is 0 Å². The second-order valence-electron chi connectivity index (χ2n) is 5.59. The van der Waals surface area contributed by atoms with E-state index in [1.807, 2.05) is 0 Å². The van der Waals surface area contributed by atoms with Crippen LogP contribution in [-0.4, -0.2) is 43.4 Å². The van der Waals surface area contributed by atoms with Crippen LogP contribution in [0.4, 0.5) is 4.39 Å². The van der Waals surface area contributed by atoms with Crippen LogP contribution in [0.15, 0.2) is 18.2 Å². The second-order valence-corrected chi connectivity index (χ2v) is 6.00. The van der Waals surface area contributed by atoms with Crippen LogP contribution >= 0.6 is 11.6 Å². The standard InChI is InChI=1S/C15H19ClFNO2/c16-14-2-1-13(17)9-12(14)10-18-5-8-20-15(11-18)3-6-19-7-4-15/h1-2,9H,3-8,10-11H2. The number of morpholine rings is 1. The molecule has 1 aromatic rings. The minimum Gasteiger partial charge on any atom is -0.381 e. The maximum absolute atomic E-state index is 13.3. The number of nitrogens with zero attached hydrogens (tertiary/aromatic N) is 1. The zero-order chi connectivity index (χ0) is 14.0. The number of halogens is 2. The van der Waals surface area contributed by atoms with Gasteiger partial charge in [0, 0.05) is 50.7 Å². The van der Waals surface area contributed by atoms with Crippen molar-refractivity contribution in [2.24, 2.45) is 0 Å². The van der Waals surface area contributed by atoms with Crippen molar-refractivity contribution < 1.29 is 13.9 Å². The molecule has 3 rings (SSSR count). The van der Waals surface area contributed by atoms with Gasteiger partial charge in [0.2, 0.25) is 0 Å². The Hall–Kier alpha value is -0.680.